The number of urea groups is 1. The van der Waals surface area contributed by atoms with Crippen molar-refractivity contribution in [2.45, 2.75) is 37.9 Å². The fraction of sp³-hybridized carbons (Fsp3) is 0.346. The first-order valence-corrected chi connectivity index (χ1v) is 12.0. The van der Waals surface area contributed by atoms with Gasteiger partial charge in [0, 0.05) is 52.6 Å². The van der Waals surface area contributed by atoms with Crippen LogP contribution in [0.15, 0.2) is 47.3 Å². The Labute approximate surface area is 212 Å². The number of carbonyl (C=O) groups is 4. The molecule has 2 aliphatic rings. The number of fused-ring (bicyclic) bond motifs is 2. The lowest BCUT2D eigenvalue weighted by Crippen LogP contribution is -2.48. The van der Waals surface area contributed by atoms with Crippen LogP contribution in [0.1, 0.15) is 17.5 Å². The normalized spacial score (nSPS) is 18.4. The molecule has 2 N–H and O–H groups in total. The summed E-state index contributed by atoms with van der Waals surface area (Å²) in [5.41, 5.74) is 2.33. The van der Waals surface area contributed by atoms with Gasteiger partial charge in [-0.25, -0.2) is 9.59 Å². The molecule has 2 heterocycles. The van der Waals surface area contributed by atoms with E-state index in [1.54, 1.807) is 45.4 Å². The monoisotopic (exact) mass is 504 g/mol. The largest absolute Gasteiger partial charge is 0.349 e. The molecule has 192 valence electrons. The first-order valence-electron chi connectivity index (χ1n) is 12.0. The average Bonchev–Trinajstić information content (AvgIpc) is 3.44. The molecule has 1 aromatic heterocycles. The van der Waals surface area contributed by atoms with E-state index in [9.17, 15) is 24.0 Å². The average molecular weight is 505 g/mol. The third kappa shape index (κ3) is 4.05. The molecule has 1 atom stereocenters. The van der Waals surface area contributed by atoms with E-state index in [4.69, 9.17) is 0 Å². The van der Waals surface area contributed by atoms with Crippen LogP contribution in [0.2, 0.25) is 0 Å². The summed E-state index contributed by atoms with van der Waals surface area (Å²) in [6.07, 6.45) is 0.942. The van der Waals surface area contributed by atoms with E-state index in [0.29, 0.717) is 29.6 Å². The van der Waals surface area contributed by atoms with Crippen LogP contribution in [-0.2, 0) is 40.3 Å². The van der Waals surface area contributed by atoms with E-state index in [1.807, 2.05) is 18.2 Å². The highest BCUT2D eigenvalue weighted by atomic mass is 16.2. The highest BCUT2D eigenvalue weighted by Crippen LogP contribution is 2.38. The van der Waals surface area contributed by atoms with Crippen LogP contribution in [-0.4, -0.2) is 69.4 Å². The minimum absolute atomic E-state index is 0.0921. The quantitative estimate of drug-likeness (QED) is 0.484. The van der Waals surface area contributed by atoms with Gasteiger partial charge in [0.05, 0.1) is 11.0 Å². The van der Waals surface area contributed by atoms with E-state index in [0.717, 1.165) is 11.1 Å². The molecule has 1 aliphatic carbocycles. The van der Waals surface area contributed by atoms with Gasteiger partial charge in [0.15, 0.2) is 0 Å². The molecule has 1 saturated heterocycles. The summed E-state index contributed by atoms with van der Waals surface area (Å²) in [4.78, 5) is 65.7. The molecule has 0 unspecified atom stereocenters. The van der Waals surface area contributed by atoms with Gasteiger partial charge in [-0.2, -0.15) is 0 Å². The number of imidazole rings is 1. The maximum atomic E-state index is 13.2. The van der Waals surface area contributed by atoms with Crippen LogP contribution in [0.4, 0.5) is 10.5 Å². The lowest BCUT2D eigenvalue weighted by atomic mass is 9.95. The van der Waals surface area contributed by atoms with Crippen LogP contribution in [0.25, 0.3) is 11.0 Å². The number of imide groups is 1. The highest BCUT2D eigenvalue weighted by molar-refractivity contribution is 6.07. The summed E-state index contributed by atoms with van der Waals surface area (Å²) in [5.74, 6) is -0.789. The van der Waals surface area contributed by atoms with Crippen molar-refractivity contribution >= 4 is 40.5 Å². The Morgan fingerprint density at radius 2 is 1.68 bits per heavy atom. The summed E-state index contributed by atoms with van der Waals surface area (Å²) < 4.78 is 2.92. The first kappa shape index (κ1) is 24.3. The number of aryl methyl sites for hydroxylation is 1. The van der Waals surface area contributed by atoms with Crippen molar-refractivity contribution in [1.29, 1.82) is 0 Å². The fourth-order valence-electron chi connectivity index (χ4n) is 5.19. The number of nitrogens with one attached hydrogen (secondary N) is 2. The zero-order chi connectivity index (χ0) is 26.5. The third-order valence-corrected chi connectivity index (χ3v) is 7.32. The summed E-state index contributed by atoms with van der Waals surface area (Å²) in [6, 6.07) is 12.2. The number of amides is 5. The molecular weight excluding hydrogens is 476 g/mol. The SMILES string of the molecule is CN(C)C(=O)CCn1c(=O)n(CC(=O)Nc2ccc3c(c2)C[C@]2(C3)C(=O)NC(=O)N2C)c2ccccc21. The molecule has 2 aromatic carbocycles. The van der Waals surface area contributed by atoms with Crippen LogP contribution in [0, 0.1) is 0 Å². The van der Waals surface area contributed by atoms with Crippen molar-refractivity contribution < 1.29 is 19.2 Å². The molecule has 5 amide bonds. The van der Waals surface area contributed by atoms with Crippen LogP contribution in [0.3, 0.4) is 0 Å². The second kappa shape index (κ2) is 8.91. The van der Waals surface area contributed by atoms with Crippen molar-refractivity contribution in [3.05, 3.63) is 64.1 Å². The fourth-order valence-corrected chi connectivity index (χ4v) is 5.19. The lowest BCUT2D eigenvalue weighted by molar-refractivity contribution is -0.129. The van der Waals surface area contributed by atoms with E-state index in [1.165, 1.54) is 18.9 Å². The van der Waals surface area contributed by atoms with Gasteiger partial charge in [-0.15, -0.1) is 0 Å². The number of nitrogens with zero attached hydrogens (tertiary/aromatic N) is 4. The number of likely N-dealkylation sites (N-methyl/N-ethyl adjacent to an activating group) is 1. The number of hydrogen-bond donors (Lipinski definition) is 2. The Kier molecular flexibility index (Phi) is 5.85. The molecular formula is C26H28N6O5. The van der Waals surface area contributed by atoms with Gasteiger partial charge in [-0.3, -0.25) is 28.8 Å². The van der Waals surface area contributed by atoms with E-state index >= 15 is 0 Å². The Hall–Kier alpha value is -4.41. The first-order chi connectivity index (χ1) is 17.6. The summed E-state index contributed by atoms with van der Waals surface area (Å²) in [7, 11) is 4.94. The van der Waals surface area contributed by atoms with Crippen LogP contribution < -0.4 is 16.3 Å². The smallest absolute Gasteiger partial charge is 0.329 e. The van der Waals surface area contributed by atoms with Crippen molar-refractivity contribution in [2.75, 3.05) is 26.5 Å². The van der Waals surface area contributed by atoms with E-state index in [-0.39, 0.29) is 42.9 Å². The number of aromatic nitrogens is 2. The second-order valence-electron chi connectivity index (χ2n) is 9.78. The Balaban J connectivity index is 1.34. The Bertz CT molecular complexity index is 1520. The number of benzene rings is 2. The Morgan fingerprint density at radius 3 is 2.32 bits per heavy atom. The third-order valence-electron chi connectivity index (χ3n) is 7.32. The summed E-state index contributed by atoms with van der Waals surface area (Å²) in [5, 5.41) is 5.22. The molecule has 0 saturated carbocycles. The summed E-state index contributed by atoms with van der Waals surface area (Å²) >= 11 is 0. The maximum absolute atomic E-state index is 13.2. The predicted molar refractivity (Wildman–Crippen MR) is 136 cm³/mol. The van der Waals surface area contributed by atoms with Crippen molar-refractivity contribution in [2.24, 2.45) is 0 Å². The zero-order valence-electron chi connectivity index (χ0n) is 20.9. The van der Waals surface area contributed by atoms with Gasteiger partial charge in [0.1, 0.15) is 12.1 Å². The van der Waals surface area contributed by atoms with Gasteiger partial charge < -0.3 is 15.1 Å². The van der Waals surface area contributed by atoms with E-state index in [2.05, 4.69) is 10.6 Å². The number of para-hydroxylation sites is 2. The van der Waals surface area contributed by atoms with Gasteiger partial charge in [-0.05, 0) is 35.4 Å². The predicted octanol–water partition coefficient (Wildman–Crippen LogP) is 0.939. The van der Waals surface area contributed by atoms with Gasteiger partial charge in [0.25, 0.3) is 5.91 Å². The zero-order valence-corrected chi connectivity index (χ0v) is 20.9. The number of carbonyl (C=O) groups excluding carboxylic acids is 4. The standard InChI is InChI=1S/C26H28N6O5/c1-29(2)22(34)10-11-31-19-6-4-5-7-20(19)32(25(31)37)15-21(33)27-18-9-8-16-13-26(14-17(16)12-18)23(35)28-24(36)30(26)3/h4-9,12H,10-11,13-15H2,1-3H3,(H,27,33)(H,28,35,36)/t26-/m1/s1. The molecule has 1 aliphatic heterocycles. The number of hydrogen-bond acceptors (Lipinski definition) is 5. The molecule has 1 fully saturated rings. The van der Waals surface area contributed by atoms with Crippen molar-refractivity contribution in [3.63, 3.8) is 0 Å². The molecule has 3 aromatic rings. The molecule has 5 rings (SSSR count). The van der Waals surface area contributed by atoms with Crippen LogP contribution in [0.5, 0.6) is 0 Å². The highest BCUT2D eigenvalue weighted by Gasteiger charge is 2.54. The van der Waals surface area contributed by atoms with Crippen LogP contribution >= 0.6 is 0 Å². The number of rotatable bonds is 6. The van der Waals surface area contributed by atoms with Gasteiger partial charge in [0.2, 0.25) is 11.8 Å². The molecule has 11 heteroatoms. The topological polar surface area (TPSA) is 126 Å². The minimum Gasteiger partial charge on any atom is -0.349 e. The van der Waals surface area contributed by atoms with Crippen molar-refractivity contribution in [3.8, 4) is 0 Å². The molecule has 1 spiro atoms. The Morgan fingerprint density at radius 1 is 1.00 bits per heavy atom. The molecule has 0 bridgehead atoms. The lowest BCUT2D eigenvalue weighted by Gasteiger charge is -2.27. The molecule has 37 heavy (non-hydrogen) atoms. The van der Waals surface area contributed by atoms with Gasteiger partial charge >= 0.3 is 11.7 Å². The summed E-state index contributed by atoms with van der Waals surface area (Å²) in [6.45, 7) is 0.0106. The second-order valence-corrected chi connectivity index (χ2v) is 9.78. The molecule has 11 nitrogen and oxygen atoms in total. The number of anilines is 1. The van der Waals surface area contributed by atoms with Crippen molar-refractivity contribution in [1.82, 2.24) is 24.3 Å². The molecule has 0 radical (unpaired) electrons. The maximum Gasteiger partial charge on any atom is 0.329 e. The van der Waals surface area contributed by atoms with E-state index < -0.39 is 11.6 Å². The van der Waals surface area contributed by atoms with Gasteiger partial charge in [-0.1, -0.05) is 18.2 Å². The minimum atomic E-state index is -0.939.